The van der Waals surface area contributed by atoms with Gasteiger partial charge in [0.05, 0.1) is 0 Å². The third-order valence-corrected chi connectivity index (χ3v) is 4.91. The lowest BCUT2D eigenvalue weighted by Crippen LogP contribution is -2.36. The highest BCUT2D eigenvalue weighted by Crippen LogP contribution is 2.37. The van der Waals surface area contributed by atoms with Crippen molar-refractivity contribution in [3.63, 3.8) is 0 Å². The second-order valence-corrected chi connectivity index (χ2v) is 6.47. The maximum absolute atomic E-state index is 10.9. The second-order valence-electron chi connectivity index (χ2n) is 6.47. The number of carbonyl (C=O) groups is 1. The molecule has 2 aliphatic carbocycles. The van der Waals surface area contributed by atoms with Crippen molar-refractivity contribution in [2.75, 3.05) is 5.73 Å². The lowest BCUT2D eigenvalue weighted by molar-refractivity contribution is -0.125. The molecule has 3 rings (SSSR count). The molecule has 0 aromatic carbocycles. The summed E-state index contributed by atoms with van der Waals surface area (Å²) in [6, 6.07) is 0. The fourth-order valence-corrected chi connectivity index (χ4v) is 3.67. The molecule has 0 saturated heterocycles. The first-order chi connectivity index (χ1) is 10.6. The predicted octanol–water partition coefficient (Wildman–Crippen LogP) is 2.51. The zero-order valence-corrected chi connectivity index (χ0v) is 13.5. The number of rotatable bonds is 2. The van der Waals surface area contributed by atoms with Crippen LogP contribution in [0.4, 0.5) is 5.82 Å². The number of anilines is 1. The van der Waals surface area contributed by atoms with E-state index in [-0.39, 0.29) is 11.8 Å². The quantitative estimate of drug-likeness (QED) is 0.382. The zero-order valence-electron chi connectivity index (χ0n) is 13.5. The number of carbonyl (C=O) groups excluding carboxylic acids is 1. The van der Waals surface area contributed by atoms with Crippen LogP contribution in [0.3, 0.4) is 0 Å². The Morgan fingerprint density at radius 3 is 2.23 bits per heavy atom. The number of nitrogens with zero attached hydrogens (tertiary/aromatic N) is 1. The Hall–Kier alpha value is -1.56. The maximum atomic E-state index is 10.9. The van der Waals surface area contributed by atoms with Crippen molar-refractivity contribution in [2.45, 2.75) is 70.6 Å². The van der Waals surface area contributed by atoms with Crippen LogP contribution < -0.4 is 17.0 Å². The van der Waals surface area contributed by atoms with Gasteiger partial charge in [0, 0.05) is 17.2 Å². The van der Waals surface area contributed by atoms with Crippen LogP contribution in [0.2, 0.25) is 0 Å². The van der Waals surface area contributed by atoms with Gasteiger partial charge in [0.1, 0.15) is 5.82 Å². The Labute approximate surface area is 132 Å². The van der Waals surface area contributed by atoms with Crippen LogP contribution in [-0.4, -0.2) is 16.1 Å². The van der Waals surface area contributed by atoms with Crippen LogP contribution in [0.15, 0.2) is 0 Å². The number of hydrazine groups is 1. The minimum Gasteiger partial charge on any atom is -0.382 e. The molecule has 2 saturated carbocycles. The van der Waals surface area contributed by atoms with Gasteiger partial charge in [-0.2, -0.15) is 5.10 Å². The molecule has 0 unspecified atom stereocenters. The summed E-state index contributed by atoms with van der Waals surface area (Å²) in [6.07, 6.45) is 10.9. The van der Waals surface area contributed by atoms with Gasteiger partial charge in [0.2, 0.25) is 5.91 Å². The lowest BCUT2D eigenvalue weighted by Gasteiger charge is -2.19. The van der Waals surface area contributed by atoms with Gasteiger partial charge in [-0.15, -0.1) is 0 Å². The van der Waals surface area contributed by atoms with E-state index in [4.69, 9.17) is 11.6 Å². The maximum Gasteiger partial charge on any atom is 0.236 e. The molecular weight excluding hydrogens is 278 g/mol. The summed E-state index contributed by atoms with van der Waals surface area (Å²) in [5.74, 6) is 6.59. The molecule has 1 amide bonds. The fraction of sp³-hybridized carbons (Fsp3) is 0.750. The van der Waals surface area contributed by atoms with E-state index in [1.54, 1.807) is 0 Å². The monoisotopic (exact) mass is 307 g/mol. The molecule has 124 valence electrons. The van der Waals surface area contributed by atoms with Crippen LogP contribution in [0.25, 0.3) is 0 Å². The Morgan fingerprint density at radius 2 is 1.73 bits per heavy atom. The van der Waals surface area contributed by atoms with Gasteiger partial charge < -0.3 is 5.73 Å². The summed E-state index contributed by atoms with van der Waals surface area (Å²) in [5.41, 5.74) is 10.4. The first-order valence-electron chi connectivity index (χ1n) is 8.44. The number of amides is 1. The fourth-order valence-electron chi connectivity index (χ4n) is 3.67. The van der Waals surface area contributed by atoms with E-state index >= 15 is 0 Å². The summed E-state index contributed by atoms with van der Waals surface area (Å²) in [7, 11) is 0. The number of nitrogen functional groups attached to an aromatic ring is 1. The summed E-state index contributed by atoms with van der Waals surface area (Å²) in [6.45, 7) is 2.05. The number of H-pyrrole nitrogens is 1. The van der Waals surface area contributed by atoms with Crippen molar-refractivity contribution in [1.82, 2.24) is 15.6 Å². The molecule has 2 fully saturated rings. The highest BCUT2D eigenvalue weighted by Gasteiger charge is 2.22. The Bertz CT molecular complexity index is 453. The van der Waals surface area contributed by atoms with Gasteiger partial charge in [-0.05, 0) is 38.5 Å². The predicted molar refractivity (Wildman–Crippen MR) is 87.9 cm³/mol. The highest BCUT2D eigenvalue weighted by atomic mass is 16.2. The molecule has 0 atom stereocenters. The van der Waals surface area contributed by atoms with Gasteiger partial charge in [-0.25, -0.2) is 5.84 Å². The minimum atomic E-state index is 0.0136. The summed E-state index contributed by atoms with van der Waals surface area (Å²) in [5, 5.41) is 6.95. The number of nitrogens with one attached hydrogen (secondary N) is 2. The molecular formula is C16H29N5O. The molecule has 6 N–H and O–H groups in total. The lowest BCUT2D eigenvalue weighted by atomic mass is 9.89. The molecule has 0 radical (unpaired) electrons. The average molecular weight is 307 g/mol. The minimum absolute atomic E-state index is 0.0136. The Balaban J connectivity index is 0.000000164. The molecule has 1 aromatic heterocycles. The van der Waals surface area contributed by atoms with Crippen molar-refractivity contribution in [1.29, 1.82) is 0 Å². The standard InChI is InChI=1S/C9H15N3.C7H14N2O/c1-6-8(9(10)12-11-6)7-4-2-3-5-7;8-9-7(10)6-4-2-1-3-5-6/h7H,2-5H2,1H3,(H3,10,11,12);6H,1-5,8H2,(H,9,10). The number of hydrogen-bond acceptors (Lipinski definition) is 4. The zero-order chi connectivity index (χ0) is 15.9. The van der Waals surface area contributed by atoms with Gasteiger partial charge in [0.25, 0.3) is 0 Å². The molecule has 0 bridgehead atoms. The average Bonchev–Trinajstić information content (AvgIpc) is 3.18. The normalized spacial score (nSPS) is 19.5. The number of nitrogens with two attached hydrogens (primary N) is 2. The SMILES string of the molecule is Cc1[nH]nc(N)c1C1CCCC1.NNC(=O)C1CCCCC1. The van der Waals surface area contributed by atoms with Gasteiger partial charge in [-0.1, -0.05) is 32.1 Å². The molecule has 0 spiro atoms. The van der Waals surface area contributed by atoms with Crippen molar-refractivity contribution < 1.29 is 4.79 Å². The Kier molecular flexibility index (Phi) is 6.24. The highest BCUT2D eigenvalue weighted by molar-refractivity contribution is 5.77. The third-order valence-electron chi connectivity index (χ3n) is 4.91. The Morgan fingerprint density at radius 1 is 1.14 bits per heavy atom. The summed E-state index contributed by atoms with van der Waals surface area (Å²) in [4.78, 5) is 10.9. The molecule has 2 aliphatic rings. The molecule has 1 heterocycles. The van der Waals surface area contributed by atoms with Crippen molar-refractivity contribution >= 4 is 11.7 Å². The smallest absolute Gasteiger partial charge is 0.236 e. The largest absolute Gasteiger partial charge is 0.382 e. The first kappa shape index (κ1) is 16.8. The van der Waals surface area contributed by atoms with E-state index in [2.05, 4.69) is 22.5 Å². The third kappa shape index (κ3) is 4.22. The van der Waals surface area contributed by atoms with E-state index in [1.165, 1.54) is 50.5 Å². The molecule has 0 aliphatic heterocycles. The van der Waals surface area contributed by atoms with Crippen LogP contribution in [0.5, 0.6) is 0 Å². The van der Waals surface area contributed by atoms with E-state index in [0.29, 0.717) is 11.7 Å². The number of aromatic amines is 1. The first-order valence-corrected chi connectivity index (χ1v) is 8.44. The molecule has 22 heavy (non-hydrogen) atoms. The van der Waals surface area contributed by atoms with Crippen molar-refractivity contribution in [2.24, 2.45) is 11.8 Å². The number of aromatic nitrogens is 2. The summed E-state index contributed by atoms with van der Waals surface area (Å²) < 4.78 is 0. The van der Waals surface area contributed by atoms with Crippen molar-refractivity contribution in [3.8, 4) is 0 Å². The van der Waals surface area contributed by atoms with E-state index in [9.17, 15) is 4.79 Å². The van der Waals surface area contributed by atoms with Crippen LogP contribution in [0, 0.1) is 12.8 Å². The summed E-state index contributed by atoms with van der Waals surface area (Å²) >= 11 is 0. The van der Waals surface area contributed by atoms with E-state index < -0.39 is 0 Å². The number of aryl methyl sites for hydroxylation is 1. The van der Waals surface area contributed by atoms with Crippen molar-refractivity contribution in [3.05, 3.63) is 11.3 Å². The van der Waals surface area contributed by atoms with E-state index in [0.717, 1.165) is 18.5 Å². The van der Waals surface area contributed by atoms with Gasteiger partial charge in [-0.3, -0.25) is 15.3 Å². The number of hydrogen-bond donors (Lipinski definition) is 4. The molecule has 1 aromatic rings. The molecule has 6 heteroatoms. The van der Waals surface area contributed by atoms with E-state index in [1.807, 2.05) is 0 Å². The second kappa shape index (κ2) is 8.17. The van der Waals surface area contributed by atoms with Crippen LogP contribution >= 0.6 is 0 Å². The van der Waals surface area contributed by atoms with Crippen LogP contribution in [-0.2, 0) is 4.79 Å². The van der Waals surface area contributed by atoms with Crippen LogP contribution in [0.1, 0.15) is 75.0 Å². The van der Waals surface area contributed by atoms with Gasteiger partial charge in [0.15, 0.2) is 0 Å². The topological polar surface area (TPSA) is 110 Å². The molecule has 6 nitrogen and oxygen atoms in total. The van der Waals surface area contributed by atoms with Gasteiger partial charge >= 0.3 is 0 Å².